The van der Waals surface area contributed by atoms with Crippen molar-refractivity contribution < 1.29 is 14.0 Å². The van der Waals surface area contributed by atoms with Gasteiger partial charge in [0.1, 0.15) is 12.1 Å². The second kappa shape index (κ2) is 5.73. The van der Waals surface area contributed by atoms with Crippen LogP contribution < -0.4 is 10.2 Å². The van der Waals surface area contributed by atoms with Crippen LogP contribution in [0, 0.1) is 0 Å². The molecule has 0 saturated carbocycles. The Bertz CT molecular complexity index is 1050. The Labute approximate surface area is 150 Å². The fourth-order valence-corrected chi connectivity index (χ4v) is 4.00. The average molecular weight is 346 g/mol. The van der Waals surface area contributed by atoms with Crippen molar-refractivity contribution in [2.45, 2.75) is 25.7 Å². The topological polar surface area (TPSA) is 62.6 Å². The number of nitrogens with zero attached hydrogens (tertiary/aromatic N) is 1. The predicted octanol–water partition coefficient (Wildman–Crippen LogP) is 3.45. The summed E-state index contributed by atoms with van der Waals surface area (Å²) < 4.78 is 5.70. The van der Waals surface area contributed by atoms with Crippen molar-refractivity contribution in [3.63, 3.8) is 0 Å². The minimum absolute atomic E-state index is 0.0427. The number of benzene rings is 2. The van der Waals surface area contributed by atoms with Gasteiger partial charge in [-0.3, -0.25) is 9.59 Å². The van der Waals surface area contributed by atoms with Gasteiger partial charge in [-0.1, -0.05) is 12.1 Å². The van der Waals surface area contributed by atoms with Crippen molar-refractivity contribution in [3.05, 3.63) is 59.4 Å². The number of furan rings is 1. The van der Waals surface area contributed by atoms with E-state index in [1.807, 2.05) is 24.3 Å². The summed E-state index contributed by atoms with van der Waals surface area (Å²) in [4.78, 5) is 26.5. The fraction of sp³-hybridized carbons (Fsp3) is 0.238. The molecule has 5 rings (SSSR count). The zero-order chi connectivity index (χ0) is 17.7. The quantitative estimate of drug-likeness (QED) is 0.773. The van der Waals surface area contributed by atoms with Gasteiger partial charge in [0.25, 0.3) is 0 Å². The van der Waals surface area contributed by atoms with Crippen molar-refractivity contribution >= 4 is 34.2 Å². The lowest BCUT2D eigenvalue weighted by atomic mass is 10.0. The summed E-state index contributed by atoms with van der Waals surface area (Å²) in [5, 5.41) is 3.82. The third kappa shape index (κ3) is 2.39. The van der Waals surface area contributed by atoms with Crippen LogP contribution in [0.3, 0.4) is 0 Å². The van der Waals surface area contributed by atoms with Crippen molar-refractivity contribution in [1.82, 2.24) is 0 Å². The van der Waals surface area contributed by atoms with Gasteiger partial charge in [-0.25, -0.2) is 0 Å². The van der Waals surface area contributed by atoms with Crippen LogP contribution in [-0.2, 0) is 28.9 Å². The molecule has 2 aliphatic rings. The molecule has 26 heavy (non-hydrogen) atoms. The van der Waals surface area contributed by atoms with E-state index >= 15 is 0 Å². The molecule has 2 amide bonds. The zero-order valence-corrected chi connectivity index (χ0v) is 14.2. The number of carbonyl (C=O) groups excluding carboxylic acids is 2. The first-order valence-corrected chi connectivity index (χ1v) is 8.90. The maximum absolute atomic E-state index is 13.0. The average Bonchev–Trinajstić information content (AvgIpc) is 3.25. The molecule has 0 saturated heterocycles. The highest BCUT2D eigenvalue weighted by Gasteiger charge is 2.27. The Morgan fingerprint density at radius 2 is 1.96 bits per heavy atom. The van der Waals surface area contributed by atoms with E-state index in [0.29, 0.717) is 5.69 Å². The van der Waals surface area contributed by atoms with E-state index in [1.54, 1.807) is 11.2 Å². The molecule has 0 unspecified atom stereocenters. The maximum atomic E-state index is 13.0. The second-order valence-corrected chi connectivity index (χ2v) is 6.95. The van der Waals surface area contributed by atoms with E-state index in [9.17, 15) is 9.59 Å². The molecular weight excluding hydrogens is 328 g/mol. The molecule has 3 aromatic rings. The summed E-state index contributed by atoms with van der Waals surface area (Å²) in [5.41, 5.74) is 5.84. The molecule has 1 aromatic heterocycles. The summed E-state index contributed by atoms with van der Waals surface area (Å²) in [6.45, 7) is 0.0427. The number of hydrogen-bond donors (Lipinski definition) is 1. The van der Waals surface area contributed by atoms with Crippen LogP contribution in [-0.4, -0.2) is 18.4 Å². The molecule has 2 heterocycles. The first kappa shape index (κ1) is 15.2. The van der Waals surface area contributed by atoms with Gasteiger partial charge in [0.05, 0.1) is 24.1 Å². The van der Waals surface area contributed by atoms with Gasteiger partial charge < -0.3 is 14.6 Å². The van der Waals surface area contributed by atoms with E-state index in [1.165, 1.54) is 17.5 Å². The van der Waals surface area contributed by atoms with Gasteiger partial charge >= 0.3 is 0 Å². The van der Waals surface area contributed by atoms with Gasteiger partial charge in [-0.15, -0.1) is 0 Å². The molecule has 0 radical (unpaired) electrons. The standard InChI is InChI=1S/C21H18N2O3/c24-20-11-23(18-7-2-1-6-17(18)22-20)21(25)10-15-12-26-19-9-14-5-3-4-13(14)8-16(15)19/h1-2,6-9,12H,3-5,10-11H2,(H,22,24). The van der Waals surface area contributed by atoms with Gasteiger partial charge in [0.2, 0.25) is 11.8 Å². The third-order valence-corrected chi connectivity index (χ3v) is 5.28. The molecule has 2 aromatic carbocycles. The van der Waals surface area contributed by atoms with Crippen LogP contribution in [0.5, 0.6) is 0 Å². The van der Waals surface area contributed by atoms with E-state index < -0.39 is 0 Å². The van der Waals surface area contributed by atoms with Crippen LogP contribution in [0.4, 0.5) is 11.4 Å². The van der Waals surface area contributed by atoms with Crippen molar-refractivity contribution in [2.24, 2.45) is 0 Å². The number of nitrogens with one attached hydrogen (secondary N) is 1. The molecule has 1 N–H and O–H groups in total. The fourth-order valence-electron chi connectivity index (χ4n) is 4.00. The lowest BCUT2D eigenvalue weighted by molar-refractivity contribution is -0.121. The maximum Gasteiger partial charge on any atom is 0.244 e. The third-order valence-electron chi connectivity index (χ3n) is 5.28. The van der Waals surface area contributed by atoms with Crippen LogP contribution in [0.25, 0.3) is 11.0 Å². The molecule has 1 aliphatic carbocycles. The molecule has 130 valence electrons. The van der Waals surface area contributed by atoms with Gasteiger partial charge in [-0.05, 0) is 54.7 Å². The lowest BCUT2D eigenvalue weighted by Gasteiger charge is -2.29. The SMILES string of the molecule is O=C1CN(C(=O)Cc2coc3cc4c(cc23)CCC4)c2ccccc2N1. The summed E-state index contributed by atoms with van der Waals surface area (Å²) in [5.74, 6) is -0.276. The number of amides is 2. The summed E-state index contributed by atoms with van der Waals surface area (Å²) in [6, 6.07) is 11.6. The van der Waals surface area contributed by atoms with E-state index in [4.69, 9.17) is 4.42 Å². The number of hydrogen-bond acceptors (Lipinski definition) is 3. The first-order valence-electron chi connectivity index (χ1n) is 8.90. The molecular formula is C21H18N2O3. The highest BCUT2D eigenvalue weighted by Crippen LogP contribution is 2.32. The molecule has 0 atom stereocenters. The second-order valence-electron chi connectivity index (χ2n) is 6.95. The first-order chi connectivity index (χ1) is 12.7. The van der Waals surface area contributed by atoms with Crippen LogP contribution in [0.2, 0.25) is 0 Å². The molecule has 0 bridgehead atoms. The largest absolute Gasteiger partial charge is 0.464 e. The van der Waals surface area contributed by atoms with Gasteiger partial charge in [0, 0.05) is 10.9 Å². The summed E-state index contributed by atoms with van der Waals surface area (Å²) >= 11 is 0. The summed E-state index contributed by atoms with van der Waals surface area (Å²) in [7, 11) is 0. The smallest absolute Gasteiger partial charge is 0.244 e. The monoisotopic (exact) mass is 346 g/mol. The van der Waals surface area contributed by atoms with Gasteiger partial charge in [-0.2, -0.15) is 0 Å². The predicted molar refractivity (Wildman–Crippen MR) is 99.4 cm³/mol. The Morgan fingerprint density at radius 1 is 1.15 bits per heavy atom. The van der Waals surface area contributed by atoms with E-state index in [2.05, 4.69) is 17.4 Å². The highest BCUT2D eigenvalue weighted by molar-refractivity contribution is 6.10. The lowest BCUT2D eigenvalue weighted by Crippen LogP contribution is -2.42. The molecule has 5 heteroatoms. The van der Waals surface area contributed by atoms with Crippen LogP contribution in [0.15, 0.2) is 47.1 Å². The summed E-state index contributed by atoms with van der Waals surface area (Å²) in [6.07, 6.45) is 5.25. The number of para-hydroxylation sites is 2. The van der Waals surface area contributed by atoms with Crippen molar-refractivity contribution in [3.8, 4) is 0 Å². The normalized spacial score (nSPS) is 15.7. The Kier molecular flexibility index (Phi) is 3.35. The number of rotatable bonds is 2. The Morgan fingerprint density at radius 3 is 2.85 bits per heavy atom. The molecule has 0 spiro atoms. The van der Waals surface area contributed by atoms with Gasteiger partial charge in [0.15, 0.2) is 0 Å². The molecule has 0 fully saturated rings. The highest BCUT2D eigenvalue weighted by atomic mass is 16.3. The Balaban J connectivity index is 1.48. The number of carbonyl (C=O) groups is 2. The Hall–Kier alpha value is -3.08. The molecule has 1 aliphatic heterocycles. The van der Waals surface area contributed by atoms with E-state index in [0.717, 1.165) is 35.1 Å². The van der Waals surface area contributed by atoms with Crippen LogP contribution in [0.1, 0.15) is 23.1 Å². The van der Waals surface area contributed by atoms with Crippen LogP contribution >= 0.6 is 0 Å². The minimum atomic E-state index is -0.174. The number of anilines is 2. The zero-order valence-electron chi connectivity index (χ0n) is 14.2. The van der Waals surface area contributed by atoms with Crippen molar-refractivity contribution in [2.75, 3.05) is 16.8 Å². The van der Waals surface area contributed by atoms with E-state index in [-0.39, 0.29) is 24.8 Å². The minimum Gasteiger partial charge on any atom is -0.464 e. The van der Waals surface area contributed by atoms with Crippen molar-refractivity contribution in [1.29, 1.82) is 0 Å². The number of aryl methyl sites for hydroxylation is 2. The molecule has 5 nitrogen and oxygen atoms in total. The number of fused-ring (bicyclic) bond motifs is 3.